The Morgan fingerprint density at radius 1 is 1.22 bits per heavy atom. The van der Waals surface area contributed by atoms with Gasteiger partial charge in [-0.2, -0.15) is 0 Å². The number of carboxylic acids is 1. The molecule has 4 nitrogen and oxygen atoms in total. The second-order valence-corrected chi connectivity index (χ2v) is 6.16. The van der Waals surface area contributed by atoms with E-state index in [2.05, 4.69) is 12.2 Å². The molecule has 0 spiro atoms. The number of carboxylic acid groups (broad SMARTS) is 1. The van der Waals surface area contributed by atoms with Crippen LogP contribution in [0.5, 0.6) is 0 Å². The molecule has 0 unspecified atom stereocenters. The molecule has 0 bridgehead atoms. The van der Waals surface area contributed by atoms with Gasteiger partial charge < -0.3 is 10.4 Å². The Kier molecular flexibility index (Phi) is 3.93. The Bertz CT molecular complexity index is 328. The number of rotatable bonds is 4. The first-order valence-electron chi connectivity index (χ1n) is 7.05. The van der Waals surface area contributed by atoms with Crippen LogP contribution in [0.3, 0.4) is 0 Å². The van der Waals surface area contributed by atoms with Crippen molar-refractivity contribution < 1.29 is 14.7 Å². The van der Waals surface area contributed by atoms with Crippen LogP contribution >= 0.6 is 0 Å². The second kappa shape index (κ2) is 5.29. The van der Waals surface area contributed by atoms with Crippen LogP contribution in [0.4, 0.5) is 0 Å². The molecule has 18 heavy (non-hydrogen) atoms. The molecule has 4 heteroatoms. The summed E-state index contributed by atoms with van der Waals surface area (Å²) in [5.41, 5.74) is -0.794. The Morgan fingerprint density at radius 3 is 2.33 bits per heavy atom. The fourth-order valence-electron chi connectivity index (χ4n) is 3.30. The molecule has 0 atom stereocenters. The van der Waals surface area contributed by atoms with E-state index < -0.39 is 11.4 Å². The minimum absolute atomic E-state index is 0.0730. The molecule has 2 saturated carbocycles. The van der Waals surface area contributed by atoms with Crippen molar-refractivity contribution in [2.45, 2.75) is 64.3 Å². The zero-order valence-corrected chi connectivity index (χ0v) is 11.1. The maximum atomic E-state index is 12.0. The molecule has 0 aromatic heterocycles. The average Bonchev–Trinajstić information content (AvgIpc) is 2.28. The number of aliphatic carboxylic acids is 1. The number of hydrogen-bond acceptors (Lipinski definition) is 2. The van der Waals surface area contributed by atoms with Gasteiger partial charge in [-0.3, -0.25) is 9.59 Å². The lowest BCUT2D eigenvalue weighted by Crippen LogP contribution is -2.46. The van der Waals surface area contributed by atoms with Gasteiger partial charge >= 0.3 is 5.97 Å². The predicted octanol–water partition coefficient (Wildman–Crippen LogP) is 2.33. The zero-order valence-electron chi connectivity index (χ0n) is 11.1. The lowest BCUT2D eigenvalue weighted by molar-refractivity contribution is -0.154. The predicted molar refractivity (Wildman–Crippen MR) is 68.1 cm³/mol. The van der Waals surface area contributed by atoms with Crippen molar-refractivity contribution >= 4 is 11.9 Å². The van der Waals surface area contributed by atoms with Crippen LogP contribution in [0.15, 0.2) is 0 Å². The van der Waals surface area contributed by atoms with Gasteiger partial charge in [0.1, 0.15) is 0 Å². The highest BCUT2D eigenvalue weighted by molar-refractivity contribution is 5.85. The van der Waals surface area contributed by atoms with Crippen molar-refractivity contribution in [3.63, 3.8) is 0 Å². The van der Waals surface area contributed by atoms with Gasteiger partial charge in [0.05, 0.1) is 5.41 Å². The number of nitrogens with one attached hydrogen (secondary N) is 1. The first-order valence-corrected chi connectivity index (χ1v) is 7.05. The van der Waals surface area contributed by atoms with Crippen LogP contribution in [0.1, 0.15) is 58.3 Å². The topological polar surface area (TPSA) is 66.4 Å². The van der Waals surface area contributed by atoms with Gasteiger partial charge in [-0.25, -0.2) is 0 Å². The van der Waals surface area contributed by atoms with E-state index in [-0.39, 0.29) is 18.4 Å². The van der Waals surface area contributed by atoms with Gasteiger partial charge in [0.2, 0.25) is 5.91 Å². The van der Waals surface area contributed by atoms with Crippen molar-refractivity contribution in [3.05, 3.63) is 0 Å². The summed E-state index contributed by atoms with van der Waals surface area (Å²) in [5.74, 6) is -0.172. The molecule has 102 valence electrons. The fraction of sp³-hybridized carbons (Fsp3) is 0.857. The first kappa shape index (κ1) is 13.4. The molecule has 2 aliphatic rings. The lowest BCUT2D eigenvalue weighted by Gasteiger charge is -2.36. The van der Waals surface area contributed by atoms with Crippen LogP contribution in [0, 0.1) is 11.3 Å². The van der Waals surface area contributed by atoms with E-state index in [9.17, 15) is 14.7 Å². The molecule has 2 fully saturated rings. The molecule has 0 aliphatic heterocycles. The SMILES string of the molecule is CC1CC(NC(=O)CC2(C(=O)O)CCCCC2)C1. The third-order valence-corrected chi connectivity index (χ3v) is 4.50. The number of carbonyl (C=O) groups is 2. The van der Waals surface area contributed by atoms with Crippen molar-refractivity contribution in [1.82, 2.24) is 5.32 Å². The third-order valence-electron chi connectivity index (χ3n) is 4.50. The van der Waals surface area contributed by atoms with E-state index in [0.29, 0.717) is 18.8 Å². The van der Waals surface area contributed by atoms with Crippen molar-refractivity contribution in [2.24, 2.45) is 11.3 Å². The van der Waals surface area contributed by atoms with E-state index in [1.54, 1.807) is 0 Å². The minimum atomic E-state index is -0.794. The second-order valence-electron chi connectivity index (χ2n) is 6.16. The lowest BCUT2D eigenvalue weighted by atomic mass is 9.71. The van der Waals surface area contributed by atoms with Crippen LogP contribution in [0.2, 0.25) is 0 Å². The average molecular weight is 253 g/mol. The zero-order chi connectivity index (χ0) is 13.2. The van der Waals surface area contributed by atoms with Gasteiger partial charge in [0.25, 0.3) is 0 Å². The van der Waals surface area contributed by atoms with Crippen molar-refractivity contribution in [3.8, 4) is 0 Å². The van der Waals surface area contributed by atoms with E-state index in [1.165, 1.54) is 0 Å². The summed E-state index contributed by atoms with van der Waals surface area (Å²) < 4.78 is 0. The summed E-state index contributed by atoms with van der Waals surface area (Å²) in [7, 11) is 0. The van der Waals surface area contributed by atoms with Gasteiger partial charge in [0.15, 0.2) is 0 Å². The molecule has 1 amide bonds. The number of amides is 1. The van der Waals surface area contributed by atoms with E-state index >= 15 is 0 Å². The van der Waals surface area contributed by atoms with E-state index in [0.717, 1.165) is 32.1 Å². The van der Waals surface area contributed by atoms with Crippen LogP contribution in [-0.4, -0.2) is 23.0 Å². The summed E-state index contributed by atoms with van der Waals surface area (Å²) in [5, 5.41) is 12.4. The van der Waals surface area contributed by atoms with Gasteiger partial charge in [-0.05, 0) is 31.6 Å². The summed E-state index contributed by atoms with van der Waals surface area (Å²) in [6.45, 7) is 2.17. The van der Waals surface area contributed by atoms with E-state index in [1.807, 2.05) is 0 Å². The Hall–Kier alpha value is -1.06. The van der Waals surface area contributed by atoms with Crippen LogP contribution in [-0.2, 0) is 9.59 Å². The van der Waals surface area contributed by atoms with Crippen molar-refractivity contribution in [2.75, 3.05) is 0 Å². The minimum Gasteiger partial charge on any atom is -0.481 e. The molecule has 0 aromatic rings. The van der Waals surface area contributed by atoms with Gasteiger partial charge in [-0.15, -0.1) is 0 Å². The summed E-state index contributed by atoms with van der Waals surface area (Å²) in [6, 6.07) is 0.280. The quantitative estimate of drug-likeness (QED) is 0.808. The standard InChI is InChI=1S/C14H23NO3/c1-10-7-11(8-10)15-12(16)9-14(13(17)18)5-3-2-4-6-14/h10-11H,2-9H2,1H3,(H,15,16)(H,17,18). The number of carbonyl (C=O) groups excluding carboxylic acids is 1. The smallest absolute Gasteiger partial charge is 0.310 e. The van der Waals surface area contributed by atoms with Crippen LogP contribution < -0.4 is 5.32 Å². The first-order chi connectivity index (χ1) is 8.52. The summed E-state index contributed by atoms with van der Waals surface area (Å²) in [4.78, 5) is 23.4. The monoisotopic (exact) mass is 253 g/mol. The third kappa shape index (κ3) is 2.85. The molecular formula is C14H23NO3. The highest BCUT2D eigenvalue weighted by atomic mass is 16.4. The molecule has 0 heterocycles. The maximum Gasteiger partial charge on any atom is 0.310 e. The molecule has 0 saturated heterocycles. The molecule has 2 rings (SSSR count). The largest absolute Gasteiger partial charge is 0.481 e. The van der Waals surface area contributed by atoms with E-state index in [4.69, 9.17) is 0 Å². The maximum absolute atomic E-state index is 12.0. The Morgan fingerprint density at radius 2 is 1.83 bits per heavy atom. The molecule has 2 N–H and O–H groups in total. The highest BCUT2D eigenvalue weighted by Gasteiger charge is 2.42. The number of hydrogen-bond donors (Lipinski definition) is 2. The fourth-order valence-corrected chi connectivity index (χ4v) is 3.30. The Labute approximate surface area is 108 Å². The van der Waals surface area contributed by atoms with Gasteiger partial charge in [0, 0.05) is 12.5 Å². The van der Waals surface area contributed by atoms with Crippen LogP contribution in [0.25, 0.3) is 0 Å². The molecule has 0 radical (unpaired) electrons. The normalized spacial score (nSPS) is 30.3. The van der Waals surface area contributed by atoms with Crippen molar-refractivity contribution in [1.29, 1.82) is 0 Å². The summed E-state index contributed by atoms with van der Waals surface area (Å²) >= 11 is 0. The highest BCUT2D eigenvalue weighted by Crippen LogP contribution is 2.39. The molecule has 2 aliphatic carbocycles. The summed E-state index contributed by atoms with van der Waals surface area (Å²) in [6.07, 6.45) is 6.48. The Balaban J connectivity index is 1.88. The van der Waals surface area contributed by atoms with Gasteiger partial charge in [-0.1, -0.05) is 26.2 Å². The molecule has 0 aromatic carbocycles. The molecular weight excluding hydrogens is 230 g/mol.